The molecule has 14 rings (SSSR count). The standard InChI is InChI=1S/C63H39N3O2/c67-63-51-29-15-17-31-57(51)68-58-38-40(32-34-52(58)63)59-45-24-10-12-26-47(45)62(48-27-13-11-25-46(48)59)66-55-37-36-54-60(49-28-14-16-30-53(49)65(54)43-22-8-3-9-23-43)61(55)50-35-33-44(39-56(50)66)64(41-18-4-1-5-19-41)42-20-6-2-7-21-42/h1-39H. The van der Waals surface area contributed by atoms with Crippen molar-refractivity contribution in [2.75, 3.05) is 4.90 Å². The SMILES string of the molecule is O=c1c2ccccc2oc2cc(-c3c4ccccc4c(-n4c5cc(N(c6ccccc6)c6ccccc6)ccc5c5c6c7ccccc7n(-c7ccccc7)c6ccc54)c4ccccc34)ccc12. The fourth-order valence-corrected chi connectivity index (χ4v) is 11.0. The third-order valence-electron chi connectivity index (χ3n) is 13.8. The van der Waals surface area contributed by atoms with Crippen LogP contribution in [0.15, 0.2) is 246 Å². The van der Waals surface area contributed by atoms with E-state index >= 15 is 0 Å². The maximum absolute atomic E-state index is 13.7. The molecule has 0 saturated heterocycles. The highest BCUT2D eigenvalue weighted by molar-refractivity contribution is 6.30. The molecular weight excluding hydrogens is 831 g/mol. The van der Waals surface area contributed by atoms with Gasteiger partial charge >= 0.3 is 0 Å². The first-order valence-electron chi connectivity index (χ1n) is 23.1. The number of aromatic nitrogens is 2. The number of fused-ring (bicyclic) bond motifs is 11. The van der Waals surface area contributed by atoms with E-state index in [1.807, 2.05) is 36.4 Å². The maximum Gasteiger partial charge on any atom is 0.200 e. The van der Waals surface area contributed by atoms with Crippen molar-refractivity contribution in [2.45, 2.75) is 0 Å². The van der Waals surface area contributed by atoms with Crippen molar-refractivity contribution >= 4 is 104 Å². The summed E-state index contributed by atoms with van der Waals surface area (Å²) >= 11 is 0. The molecular formula is C63H39N3O2. The van der Waals surface area contributed by atoms with E-state index in [-0.39, 0.29) is 5.43 Å². The van der Waals surface area contributed by atoms with E-state index in [1.54, 1.807) is 0 Å². The van der Waals surface area contributed by atoms with Crippen LogP contribution in [0.5, 0.6) is 0 Å². The molecule has 0 fully saturated rings. The van der Waals surface area contributed by atoms with Gasteiger partial charge < -0.3 is 18.5 Å². The van der Waals surface area contributed by atoms with E-state index in [2.05, 4.69) is 214 Å². The number of hydrogen-bond donors (Lipinski definition) is 0. The summed E-state index contributed by atoms with van der Waals surface area (Å²) in [6, 6.07) is 83.5. The quantitative estimate of drug-likeness (QED) is 0.156. The van der Waals surface area contributed by atoms with Gasteiger partial charge in [-0.2, -0.15) is 0 Å². The predicted molar refractivity (Wildman–Crippen MR) is 284 cm³/mol. The Morgan fingerprint density at radius 1 is 0.338 bits per heavy atom. The Balaban J connectivity index is 1.13. The molecule has 14 aromatic rings. The molecule has 3 heterocycles. The summed E-state index contributed by atoms with van der Waals surface area (Å²) in [6.45, 7) is 0. The molecule has 3 aromatic heterocycles. The topological polar surface area (TPSA) is 43.3 Å². The summed E-state index contributed by atoms with van der Waals surface area (Å²) in [5.74, 6) is 0. The Morgan fingerprint density at radius 2 is 0.838 bits per heavy atom. The summed E-state index contributed by atoms with van der Waals surface area (Å²) < 4.78 is 11.4. The third-order valence-corrected chi connectivity index (χ3v) is 13.8. The maximum atomic E-state index is 13.7. The predicted octanol–water partition coefficient (Wildman–Crippen LogP) is 16.6. The molecule has 0 aliphatic heterocycles. The first-order valence-corrected chi connectivity index (χ1v) is 23.1. The van der Waals surface area contributed by atoms with Gasteiger partial charge in [0, 0.05) is 55.1 Å². The summed E-state index contributed by atoms with van der Waals surface area (Å²) in [4.78, 5) is 16.1. The fourth-order valence-electron chi connectivity index (χ4n) is 11.0. The normalized spacial score (nSPS) is 11.9. The van der Waals surface area contributed by atoms with E-state index < -0.39 is 0 Å². The van der Waals surface area contributed by atoms with Gasteiger partial charge in [0.15, 0.2) is 0 Å². The van der Waals surface area contributed by atoms with Crippen molar-refractivity contribution in [3.63, 3.8) is 0 Å². The van der Waals surface area contributed by atoms with Gasteiger partial charge in [0.1, 0.15) is 11.2 Å². The van der Waals surface area contributed by atoms with Gasteiger partial charge in [-0.05, 0) is 113 Å². The Kier molecular flexibility index (Phi) is 8.37. The molecule has 0 saturated carbocycles. The highest BCUT2D eigenvalue weighted by Gasteiger charge is 2.25. The van der Waals surface area contributed by atoms with Crippen molar-refractivity contribution in [1.82, 2.24) is 9.13 Å². The molecule has 11 aromatic carbocycles. The zero-order chi connectivity index (χ0) is 44.9. The summed E-state index contributed by atoms with van der Waals surface area (Å²) in [6.07, 6.45) is 0. The second kappa shape index (κ2) is 14.9. The van der Waals surface area contributed by atoms with Crippen molar-refractivity contribution in [1.29, 1.82) is 0 Å². The molecule has 0 bridgehead atoms. The average Bonchev–Trinajstić information content (AvgIpc) is 3.91. The Hall–Kier alpha value is -9.19. The fraction of sp³-hybridized carbons (Fsp3) is 0. The molecule has 0 aliphatic carbocycles. The number of hydrogen-bond acceptors (Lipinski definition) is 3. The van der Waals surface area contributed by atoms with Crippen LogP contribution in [-0.2, 0) is 0 Å². The van der Waals surface area contributed by atoms with E-state index in [0.29, 0.717) is 21.9 Å². The number of rotatable bonds is 6. The minimum atomic E-state index is -0.0247. The second-order valence-electron chi connectivity index (χ2n) is 17.5. The number of nitrogens with zero attached hydrogens (tertiary/aromatic N) is 3. The van der Waals surface area contributed by atoms with Crippen LogP contribution < -0.4 is 10.3 Å². The molecule has 0 radical (unpaired) electrons. The van der Waals surface area contributed by atoms with Crippen LogP contribution in [0, 0.1) is 0 Å². The monoisotopic (exact) mass is 869 g/mol. The van der Waals surface area contributed by atoms with Gasteiger partial charge in [0.2, 0.25) is 5.43 Å². The van der Waals surface area contributed by atoms with Gasteiger partial charge in [0.25, 0.3) is 0 Å². The van der Waals surface area contributed by atoms with Crippen LogP contribution in [0.25, 0.3) is 110 Å². The summed E-state index contributed by atoms with van der Waals surface area (Å²) in [5.41, 5.74) is 13.2. The van der Waals surface area contributed by atoms with E-state index in [9.17, 15) is 4.79 Å². The van der Waals surface area contributed by atoms with Crippen molar-refractivity contribution in [2.24, 2.45) is 0 Å². The lowest BCUT2D eigenvalue weighted by Gasteiger charge is -2.26. The van der Waals surface area contributed by atoms with Gasteiger partial charge in [-0.15, -0.1) is 0 Å². The molecule has 5 heteroatoms. The third kappa shape index (κ3) is 5.60. The van der Waals surface area contributed by atoms with Crippen LogP contribution in [0.4, 0.5) is 17.1 Å². The minimum absolute atomic E-state index is 0.0247. The van der Waals surface area contributed by atoms with Gasteiger partial charge in [-0.3, -0.25) is 4.79 Å². The molecule has 0 unspecified atom stereocenters. The molecule has 5 nitrogen and oxygen atoms in total. The smallest absolute Gasteiger partial charge is 0.200 e. The summed E-state index contributed by atoms with van der Waals surface area (Å²) in [5, 5.41) is 10.4. The van der Waals surface area contributed by atoms with Crippen LogP contribution in [0.3, 0.4) is 0 Å². The van der Waals surface area contributed by atoms with Crippen molar-refractivity contribution in [3.8, 4) is 22.5 Å². The first-order chi connectivity index (χ1) is 33.7. The Bertz CT molecular complexity index is 4300. The lowest BCUT2D eigenvalue weighted by Crippen LogP contribution is -2.09. The van der Waals surface area contributed by atoms with Crippen LogP contribution in [0.2, 0.25) is 0 Å². The van der Waals surface area contributed by atoms with Crippen LogP contribution in [0.1, 0.15) is 0 Å². The molecule has 0 amide bonds. The van der Waals surface area contributed by atoms with Crippen molar-refractivity contribution in [3.05, 3.63) is 247 Å². The van der Waals surface area contributed by atoms with Crippen LogP contribution >= 0.6 is 0 Å². The Morgan fingerprint density at radius 3 is 1.50 bits per heavy atom. The van der Waals surface area contributed by atoms with E-state index in [4.69, 9.17) is 4.42 Å². The summed E-state index contributed by atoms with van der Waals surface area (Å²) in [7, 11) is 0. The molecule has 68 heavy (non-hydrogen) atoms. The lowest BCUT2D eigenvalue weighted by molar-refractivity contribution is 0.660. The largest absolute Gasteiger partial charge is 0.456 e. The molecule has 0 atom stereocenters. The van der Waals surface area contributed by atoms with E-state index in [1.165, 1.54) is 21.5 Å². The molecule has 0 N–H and O–H groups in total. The minimum Gasteiger partial charge on any atom is -0.456 e. The van der Waals surface area contributed by atoms with Crippen molar-refractivity contribution < 1.29 is 4.42 Å². The zero-order valence-corrected chi connectivity index (χ0v) is 36.7. The molecule has 318 valence electrons. The highest BCUT2D eigenvalue weighted by atomic mass is 16.3. The van der Waals surface area contributed by atoms with Gasteiger partial charge in [0.05, 0.1) is 38.5 Å². The number of para-hydroxylation sites is 5. The van der Waals surface area contributed by atoms with E-state index in [0.717, 1.165) is 83.2 Å². The average molecular weight is 870 g/mol. The lowest BCUT2D eigenvalue weighted by atomic mass is 9.90. The number of anilines is 3. The zero-order valence-electron chi connectivity index (χ0n) is 36.7. The van der Waals surface area contributed by atoms with Crippen LogP contribution in [-0.4, -0.2) is 9.13 Å². The van der Waals surface area contributed by atoms with Gasteiger partial charge in [-0.25, -0.2) is 0 Å². The molecule has 0 aliphatic rings. The highest BCUT2D eigenvalue weighted by Crippen LogP contribution is 2.48. The molecule has 0 spiro atoms. The van der Waals surface area contributed by atoms with Gasteiger partial charge in [-0.1, -0.05) is 146 Å². The Labute approximate surface area is 390 Å². The first kappa shape index (κ1) is 38.1. The second-order valence-corrected chi connectivity index (χ2v) is 17.5. The number of benzene rings is 11.